The number of aromatic nitrogens is 3. The molecule has 0 unspecified atom stereocenters. The van der Waals surface area contributed by atoms with E-state index in [0.717, 1.165) is 25.7 Å². The van der Waals surface area contributed by atoms with E-state index in [4.69, 9.17) is 4.74 Å². The topological polar surface area (TPSA) is 121 Å². The second-order valence-electron chi connectivity index (χ2n) is 6.89. The number of hydrogen-bond acceptors (Lipinski definition) is 7. The van der Waals surface area contributed by atoms with Gasteiger partial charge in [-0.2, -0.15) is 0 Å². The Labute approximate surface area is 167 Å². The second-order valence-corrected chi connectivity index (χ2v) is 6.89. The lowest BCUT2D eigenvalue weighted by molar-refractivity contribution is 0.248. The van der Waals surface area contributed by atoms with Crippen molar-refractivity contribution in [2.75, 3.05) is 17.7 Å². The zero-order valence-corrected chi connectivity index (χ0v) is 16.0. The summed E-state index contributed by atoms with van der Waals surface area (Å²) >= 11 is 0. The average molecular weight is 394 g/mol. The highest BCUT2D eigenvalue weighted by Crippen LogP contribution is 2.29. The maximum atomic E-state index is 12.2. The van der Waals surface area contributed by atoms with Gasteiger partial charge in [-0.3, -0.25) is 5.32 Å². The molecule has 0 spiro atoms. The molecule has 1 aromatic carbocycles. The number of aromatic hydroxyl groups is 1. The van der Waals surface area contributed by atoms with E-state index < -0.39 is 0 Å². The largest absolute Gasteiger partial charge is 0.504 e. The number of rotatable bonds is 5. The van der Waals surface area contributed by atoms with E-state index in [-0.39, 0.29) is 17.8 Å². The summed E-state index contributed by atoms with van der Waals surface area (Å²) in [5.41, 5.74) is 1.63. The smallest absolute Gasteiger partial charge is 0.320 e. The van der Waals surface area contributed by atoms with Crippen LogP contribution >= 0.6 is 0 Å². The second kappa shape index (κ2) is 8.17. The lowest BCUT2D eigenvalue weighted by atomic mass is 10.2. The van der Waals surface area contributed by atoms with E-state index in [1.165, 1.54) is 13.2 Å². The summed E-state index contributed by atoms with van der Waals surface area (Å²) in [5, 5.41) is 18.7. The average Bonchev–Trinajstić information content (AvgIpc) is 3.21. The molecule has 2 aromatic heterocycles. The van der Waals surface area contributed by atoms with Gasteiger partial charge >= 0.3 is 6.03 Å². The monoisotopic (exact) mass is 394 g/mol. The fourth-order valence-electron chi connectivity index (χ4n) is 3.35. The first-order chi connectivity index (χ1) is 14.1. The van der Waals surface area contributed by atoms with Crippen molar-refractivity contribution in [3.05, 3.63) is 36.5 Å². The Morgan fingerprint density at radius 1 is 1.14 bits per heavy atom. The summed E-state index contributed by atoms with van der Waals surface area (Å²) in [7, 11) is 1.49. The van der Waals surface area contributed by atoms with E-state index in [1.807, 2.05) is 0 Å². The number of benzene rings is 1. The number of phenolic OH excluding ortho intramolecular Hbond substituents is 1. The molecule has 29 heavy (non-hydrogen) atoms. The predicted molar refractivity (Wildman–Crippen MR) is 110 cm³/mol. The minimum atomic E-state index is -0.264. The fraction of sp³-hybridized carbons (Fsp3) is 0.300. The summed E-state index contributed by atoms with van der Waals surface area (Å²) in [6.45, 7) is 0. The standard InChI is InChI=1S/C20H22N6O3/c1-29-16-8-6-13(10-15(16)27)22-18-11-21-14-7-9-17(24-19(14)25-18)26-20(28)23-12-4-2-3-5-12/h6-12,27H,2-5H2,1H3,(H3,22,23,24,25,26,28). The Balaban J connectivity index is 1.48. The molecule has 1 aliphatic carbocycles. The summed E-state index contributed by atoms with van der Waals surface area (Å²) in [6.07, 6.45) is 5.90. The number of phenols is 1. The van der Waals surface area contributed by atoms with Crippen molar-refractivity contribution in [3.8, 4) is 11.5 Å². The SMILES string of the molecule is COc1ccc(Nc2cnc3ccc(NC(=O)NC4CCCC4)nc3n2)cc1O. The first kappa shape index (κ1) is 18.7. The Morgan fingerprint density at radius 2 is 1.93 bits per heavy atom. The number of nitrogens with zero attached hydrogens (tertiary/aromatic N) is 3. The molecule has 150 valence electrons. The molecule has 1 fully saturated rings. The number of hydrogen-bond donors (Lipinski definition) is 4. The van der Waals surface area contributed by atoms with E-state index >= 15 is 0 Å². The van der Waals surface area contributed by atoms with Crippen LogP contribution in [0.15, 0.2) is 36.5 Å². The summed E-state index contributed by atoms with van der Waals surface area (Å²) < 4.78 is 5.04. The first-order valence-corrected chi connectivity index (χ1v) is 9.46. The Bertz CT molecular complexity index is 1040. The molecule has 1 aliphatic rings. The minimum Gasteiger partial charge on any atom is -0.504 e. The third-order valence-corrected chi connectivity index (χ3v) is 4.79. The van der Waals surface area contributed by atoms with Crippen molar-refractivity contribution in [2.24, 2.45) is 0 Å². The number of carbonyl (C=O) groups is 1. The molecule has 4 N–H and O–H groups in total. The Morgan fingerprint density at radius 3 is 2.69 bits per heavy atom. The van der Waals surface area contributed by atoms with E-state index in [1.54, 1.807) is 30.5 Å². The highest BCUT2D eigenvalue weighted by atomic mass is 16.5. The fourth-order valence-corrected chi connectivity index (χ4v) is 3.35. The van der Waals surface area contributed by atoms with Crippen LogP contribution in [0.2, 0.25) is 0 Å². The number of amides is 2. The van der Waals surface area contributed by atoms with Crippen molar-refractivity contribution in [2.45, 2.75) is 31.7 Å². The third kappa shape index (κ3) is 4.45. The van der Waals surface area contributed by atoms with Gasteiger partial charge in [-0.25, -0.2) is 19.7 Å². The van der Waals surface area contributed by atoms with Crippen LogP contribution in [-0.2, 0) is 0 Å². The number of fused-ring (bicyclic) bond motifs is 1. The van der Waals surface area contributed by atoms with Gasteiger partial charge in [-0.1, -0.05) is 12.8 Å². The number of carbonyl (C=O) groups excluding carboxylic acids is 1. The highest BCUT2D eigenvalue weighted by Gasteiger charge is 2.17. The van der Waals surface area contributed by atoms with E-state index in [9.17, 15) is 9.90 Å². The van der Waals surface area contributed by atoms with Crippen LogP contribution in [0.5, 0.6) is 11.5 Å². The summed E-state index contributed by atoms with van der Waals surface area (Å²) in [6, 6.07) is 8.34. The van der Waals surface area contributed by atoms with Crippen LogP contribution < -0.4 is 20.7 Å². The molecule has 0 aliphatic heterocycles. The number of pyridine rings is 1. The van der Waals surface area contributed by atoms with Gasteiger partial charge in [0.1, 0.15) is 11.3 Å². The molecule has 9 heteroatoms. The number of ether oxygens (including phenoxy) is 1. The van der Waals surface area contributed by atoms with Gasteiger partial charge in [-0.15, -0.1) is 0 Å². The van der Waals surface area contributed by atoms with Gasteiger partial charge < -0.3 is 20.5 Å². The van der Waals surface area contributed by atoms with Crippen molar-refractivity contribution in [1.29, 1.82) is 0 Å². The van der Waals surface area contributed by atoms with Gasteiger partial charge in [0.05, 0.1) is 13.3 Å². The lowest BCUT2D eigenvalue weighted by Crippen LogP contribution is -2.36. The quantitative estimate of drug-likeness (QED) is 0.522. The van der Waals surface area contributed by atoms with Gasteiger partial charge in [0.2, 0.25) is 0 Å². The van der Waals surface area contributed by atoms with E-state index in [2.05, 4.69) is 30.9 Å². The van der Waals surface area contributed by atoms with Crippen LogP contribution in [0.25, 0.3) is 11.2 Å². The van der Waals surface area contributed by atoms with Crippen LogP contribution in [0.3, 0.4) is 0 Å². The lowest BCUT2D eigenvalue weighted by Gasteiger charge is -2.12. The van der Waals surface area contributed by atoms with Crippen molar-refractivity contribution >= 4 is 34.5 Å². The van der Waals surface area contributed by atoms with Gasteiger partial charge in [0.15, 0.2) is 23.0 Å². The number of nitrogens with one attached hydrogen (secondary N) is 3. The Kier molecular flexibility index (Phi) is 5.28. The van der Waals surface area contributed by atoms with Gasteiger partial charge in [0.25, 0.3) is 0 Å². The normalized spacial score (nSPS) is 14.0. The number of methoxy groups -OCH3 is 1. The highest BCUT2D eigenvalue weighted by molar-refractivity contribution is 5.89. The summed E-state index contributed by atoms with van der Waals surface area (Å²) in [5.74, 6) is 1.27. The molecule has 1 saturated carbocycles. The first-order valence-electron chi connectivity index (χ1n) is 9.46. The van der Waals surface area contributed by atoms with Crippen molar-refractivity contribution in [3.63, 3.8) is 0 Å². The van der Waals surface area contributed by atoms with Crippen LogP contribution in [0.4, 0.5) is 22.1 Å². The summed E-state index contributed by atoms with van der Waals surface area (Å²) in [4.78, 5) is 25.3. The van der Waals surface area contributed by atoms with Gasteiger partial charge in [-0.05, 0) is 37.1 Å². The van der Waals surface area contributed by atoms with Crippen LogP contribution in [-0.4, -0.2) is 39.2 Å². The van der Waals surface area contributed by atoms with Crippen LogP contribution in [0, 0.1) is 0 Å². The predicted octanol–water partition coefficient (Wildman–Crippen LogP) is 3.55. The van der Waals surface area contributed by atoms with Gasteiger partial charge in [0, 0.05) is 17.8 Å². The molecule has 0 bridgehead atoms. The number of urea groups is 1. The molecular weight excluding hydrogens is 372 g/mol. The number of anilines is 3. The third-order valence-electron chi connectivity index (χ3n) is 4.79. The zero-order valence-electron chi connectivity index (χ0n) is 16.0. The molecule has 2 heterocycles. The Hall–Kier alpha value is -3.62. The molecule has 4 rings (SSSR count). The van der Waals surface area contributed by atoms with Crippen LogP contribution in [0.1, 0.15) is 25.7 Å². The minimum absolute atomic E-state index is 0.0177. The molecule has 0 radical (unpaired) electrons. The molecule has 2 amide bonds. The van der Waals surface area contributed by atoms with Crippen molar-refractivity contribution in [1.82, 2.24) is 20.3 Å². The maximum Gasteiger partial charge on any atom is 0.320 e. The van der Waals surface area contributed by atoms with Crippen molar-refractivity contribution < 1.29 is 14.6 Å². The molecule has 0 saturated heterocycles. The molecule has 0 atom stereocenters. The molecule has 3 aromatic rings. The maximum absolute atomic E-state index is 12.2. The van der Waals surface area contributed by atoms with E-state index in [0.29, 0.717) is 34.2 Å². The molecule has 9 nitrogen and oxygen atoms in total. The molecular formula is C20H22N6O3. The zero-order chi connectivity index (χ0) is 20.2.